The Morgan fingerprint density at radius 3 is 1.50 bits per heavy atom. The summed E-state index contributed by atoms with van der Waals surface area (Å²) in [4.78, 5) is 0. The highest BCUT2D eigenvalue weighted by molar-refractivity contribution is 6.50. The van der Waals surface area contributed by atoms with E-state index >= 15 is 0 Å². The molecule has 120 valence electrons. The smallest absolute Gasteiger partial charge is 0.418 e. The van der Waals surface area contributed by atoms with Gasteiger partial charge in [-0.2, -0.15) is 0 Å². The average Bonchev–Trinajstić information content (AvgIpc) is 2.40. The summed E-state index contributed by atoms with van der Waals surface area (Å²) in [6.45, 7) is 6.62. The SMILES string of the molecule is Cc1ccc([I+]c2ccc(C(C)C)cc2)cc1.F[B-](F)(F)F. The molecule has 2 rings (SSSR count). The molecule has 0 atom stereocenters. The van der Waals surface area contributed by atoms with Crippen LogP contribution in [0, 0.1) is 14.1 Å². The van der Waals surface area contributed by atoms with Gasteiger partial charge in [0.05, 0.1) is 0 Å². The summed E-state index contributed by atoms with van der Waals surface area (Å²) in [5.74, 6) is 0.627. The molecule has 6 heteroatoms. The van der Waals surface area contributed by atoms with Crippen LogP contribution in [0.5, 0.6) is 0 Å². The fourth-order valence-corrected chi connectivity index (χ4v) is 3.79. The standard InChI is InChI=1S/C16H18I.BF4/c1-12(2)14-6-10-16(11-7-14)17-15-8-4-13(3)5-9-15;2-1(3,4)5/h4-12H,1-3H3;/q+1;-1. The fourth-order valence-electron chi connectivity index (χ4n) is 1.63. The molecule has 2 aromatic rings. The largest absolute Gasteiger partial charge is 0.673 e. The molecule has 0 aromatic heterocycles. The molecule has 0 aliphatic rings. The molecule has 0 N–H and O–H groups in total. The van der Waals surface area contributed by atoms with E-state index in [-0.39, 0.29) is 21.2 Å². The van der Waals surface area contributed by atoms with Crippen LogP contribution in [-0.4, -0.2) is 7.25 Å². The molecule has 0 aliphatic heterocycles. The average molecular weight is 424 g/mol. The summed E-state index contributed by atoms with van der Waals surface area (Å²) in [5.41, 5.74) is 2.77. The van der Waals surface area contributed by atoms with Crippen molar-refractivity contribution in [3.63, 3.8) is 0 Å². The van der Waals surface area contributed by atoms with E-state index in [1.54, 1.807) is 0 Å². The van der Waals surface area contributed by atoms with Crippen LogP contribution in [0.15, 0.2) is 48.5 Å². The third-order valence-corrected chi connectivity index (χ3v) is 5.45. The lowest BCUT2D eigenvalue weighted by Crippen LogP contribution is -3.61. The van der Waals surface area contributed by atoms with Gasteiger partial charge in [0, 0.05) is 0 Å². The zero-order valence-electron chi connectivity index (χ0n) is 12.7. The van der Waals surface area contributed by atoms with Gasteiger partial charge in [-0.05, 0) is 42.7 Å². The number of hydrogen-bond donors (Lipinski definition) is 0. The molecule has 0 heterocycles. The Labute approximate surface area is 139 Å². The lowest BCUT2D eigenvalue weighted by Gasteiger charge is -2.02. The summed E-state index contributed by atoms with van der Waals surface area (Å²) in [6.07, 6.45) is 0. The van der Waals surface area contributed by atoms with Crippen LogP contribution < -0.4 is 21.2 Å². The lowest BCUT2D eigenvalue weighted by atomic mass is 10.0. The van der Waals surface area contributed by atoms with Crippen LogP contribution in [0.3, 0.4) is 0 Å². The predicted molar refractivity (Wildman–Crippen MR) is 79.3 cm³/mol. The highest BCUT2D eigenvalue weighted by Crippen LogP contribution is 2.12. The van der Waals surface area contributed by atoms with E-state index in [0.29, 0.717) is 5.92 Å². The van der Waals surface area contributed by atoms with E-state index in [0.717, 1.165) is 0 Å². The number of benzene rings is 2. The van der Waals surface area contributed by atoms with Gasteiger partial charge in [-0.25, -0.2) is 0 Å². The minimum absolute atomic E-state index is 0.0167. The van der Waals surface area contributed by atoms with Gasteiger partial charge in [0.15, 0.2) is 7.14 Å². The first kappa shape index (κ1) is 19.0. The van der Waals surface area contributed by atoms with Gasteiger partial charge < -0.3 is 17.3 Å². The maximum Gasteiger partial charge on any atom is 0.673 e. The Balaban J connectivity index is 0.000000422. The molecule has 0 spiro atoms. The van der Waals surface area contributed by atoms with Crippen molar-refractivity contribution in [1.29, 1.82) is 0 Å². The third kappa shape index (κ3) is 8.41. The molecular weight excluding hydrogens is 406 g/mol. The summed E-state index contributed by atoms with van der Waals surface area (Å²) >= 11 is -0.0167. The van der Waals surface area contributed by atoms with Gasteiger partial charge in [-0.15, -0.1) is 0 Å². The lowest BCUT2D eigenvalue weighted by molar-refractivity contribution is -0.597. The van der Waals surface area contributed by atoms with Crippen molar-refractivity contribution in [3.8, 4) is 0 Å². The summed E-state index contributed by atoms with van der Waals surface area (Å²) < 4.78 is 42.0. The number of aryl methyl sites for hydroxylation is 1. The van der Waals surface area contributed by atoms with Gasteiger partial charge >= 0.3 is 28.5 Å². The van der Waals surface area contributed by atoms with Gasteiger partial charge in [-0.1, -0.05) is 43.7 Å². The van der Waals surface area contributed by atoms with Crippen molar-refractivity contribution in [3.05, 3.63) is 66.8 Å². The second-order valence-electron chi connectivity index (χ2n) is 5.09. The van der Waals surface area contributed by atoms with Crippen molar-refractivity contribution < 1.29 is 38.5 Å². The van der Waals surface area contributed by atoms with Crippen molar-refractivity contribution in [2.24, 2.45) is 0 Å². The quantitative estimate of drug-likeness (QED) is 0.404. The van der Waals surface area contributed by atoms with Gasteiger partial charge in [0.1, 0.15) is 0 Å². The van der Waals surface area contributed by atoms with E-state index in [9.17, 15) is 17.3 Å². The molecule has 0 saturated heterocycles. The Bertz CT molecular complexity index is 556. The Kier molecular flexibility index (Phi) is 7.39. The minimum atomic E-state index is -6.00. The van der Waals surface area contributed by atoms with Gasteiger partial charge in [0.25, 0.3) is 0 Å². The van der Waals surface area contributed by atoms with E-state index in [2.05, 4.69) is 69.3 Å². The van der Waals surface area contributed by atoms with Crippen molar-refractivity contribution in [2.45, 2.75) is 26.7 Å². The van der Waals surface area contributed by atoms with Crippen LogP contribution in [0.1, 0.15) is 30.9 Å². The first-order valence-electron chi connectivity index (χ1n) is 6.84. The van der Waals surface area contributed by atoms with Gasteiger partial charge in [0.2, 0.25) is 0 Å². The number of halogens is 5. The maximum atomic E-state index is 9.75. The molecule has 0 radical (unpaired) electrons. The summed E-state index contributed by atoms with van der Waals surface area (Å²) in [6, 6.07) is 18.1. The molecule has 0 nitrogen and oxygen atoms in total. The normalized spacial score (nSPS) is 11.1. The molecule has 0 saturated carbocycles. The molecule has 0 amide bonds. The third-order valence-electron chi connectivity index (χ3n) is 2.77. The first-order chi connectivity index (χ1) is 10.1. The van der Waals surface area contributed by atoms with Crippen LogP contribution in [0.25, 0.3) is 0 Å². The van der Waals surface area contributed by atoms with Crippen molar-refractivity contribution in [2.75, 3.05) is 0 Å². The Hall–Kier alpha value is -1.05. The number of hydrogen-bond acceptors (Lipinski definition) is 0. The maximum absolute atomic E-state index is 9.75. The van der Waals surface area contributed by atoms with Crippen LogP contribution in [-0.2, 0) is 0 Å². The van der Waals surface area contributed by atoms with E-state index in [1.807, 2.05) is 0 Å². The predicted octanol–water partition coefficient (Wildman–Crippen LogP) is 2.55. The molecule has 0 unspecified atom stereocenters. The van der Waals surface area contributed by atoms with Crippen LogP contribution in [0.4, 0.5) is 17.3 Å². The molecule has 2 aromatic carbocycles. The van der Waals surface area contributed by atoms with E-state index in [1.165, 1.54) is 18.3 Å². The van der Waals surface area contributed by atoms with Crippen molar-refractivity contribution in [1.82, 2.24) is 0 Å². The van der Waals surface area contributed by atoms with Crippen LogP contribution in [0.2, 0.25) is 0 Å². The van der Waals surface area contributed by atoms with E-state index in [4.69, 9.17) is 0 Å². The van der Waals surface area contributed by atoms with E-state index < -0.39 is 7.25 Å². The van der Waals surface area contributed by atoms with Crippen molar-refractivity contribution >= 4 is 7.25 Å². The first-order valence-corrected chi connectivity index (χ1v) is 8.99. The summed E-state index contributed by atoms with van der Waals surface area (Å²) in [5, 5.41) is 0. The Morgan fingerprint density at radius 1 is 0.773 bits per heavy atom. The highest BCUT2D eigenvalue weighted by atomic mass is 127. The number of rotatable bonds is 3. The highest BCUT2D eigenvalue weighted by Gasteiger charge is 2.20. The zero-order chi connectivity index (χ0) is 16.8. The molecule has 22 heavy (non-hydrogen) atoms. The topological polar surface area (TPSA) is 0 Å². The summed E-state index contributed by atoms with van der Waals surface area (Å²) in [7, 11) is -6.00. The monoisotopic (exact) mass is 424 g/mol. The fraction of sp³-hybridized carbons (Fsp3) is 0.250. The zero-order valence-corrected chi connectivity index (χ0v) is 14.8. The van der Waals surface area contributed by atoms with Crippen LogP contribution >= 0.6 is 0 Å². The molecule has 0 aliphatic carbocycles. The van der Waals surface area contributed by atoms with Gasteiger partial charge in [-0.3, -0.25) is 0 Å². The minimum Gasteiger partial charge on any atom is -0.418 e. The molecule has 0 fully saturated rings. The Morgan fingerprint density at radius 2 is 1.14 bits per heavy atom. The molecular formula is C16H18BF4I. The molecule has 0 bridgehead atoms. The second-order valence-corrected chi connectivity index (χ2v) is 8.12. The second kappa shape index (κ2) is 8.55.